The number of fused-ring (bicyclic) bond motifs is 1. The molecule has 102 valence electrons. The number of nitrogens with zero attached hydrogens (tertiary/aromatic N) is 2. The van der Waals surface area contributed by atoms with Gasteiger partial charge in [0.2, 0.25) is 0 Å². The van der Waals surface area contributed by atoms with Crippen LogP contribution in [0.15, 0.2) is 60.8 Å². The highest BCUT2D eigenvalue weighted by atomic mass is 14.9. The molecular weight excluding hydrogens is 258 g/mol. The summed E-state index contributed by atoms with van der Waals surface area (Å²) in [5.41, 5.74) is 4.33. The number of rotatable bonds is 4. The van der Waals surface area contributed by atoms with E-state index in [4.69, 9.17) is 5.26 Å². The summed E-state index contributed by atoms with van der Waals surface area (Å²) in [5.74, 6) is 0. The lowest BCUT2D eigenvalue weighted by molar-refractivity contribution is 1.15. The van der Waals surface area contributed by atoms with Crippen LogP contribution >= 0.6 is 0 Å². The Morgan fingerprint density at radius 1 is 1.00 bits per heavy atom. The first-order valence-electron chi connectivity index (χ1n) is 6.88. The van der Waals surface area contributed by atoms with Crippen molar-refractivity contribution in [3.8, 4) is 6.07 Å². The van der Waals surface area contributed by atoms with Gasteiger partial charge in [-0.2, -0.15) is 5.26 Å². The Hall–Kier alpha value is -2.86. The molecule has 0 aliphatic rings. The fraction of sp³-hybridized carbons (Fsp3) is 0.111. The van der Waals surface area contributed by atoms with Crippen molar-refractivity contribution in [2.45, 2.75) is 13.0 Å². The molecule has 0 saturated heterocycles. The molecule has 0 unspecified atom stereocenters. The van der Waals surface area contributed by atoms with Gasteiger partial charge < -0.3 is 5.32 Å². The Morgan fingerprint density at radius 3 is 2.62 bits per heavy atom. The molecule has 0 bridgehead atoms. The van der Waals surface area contributed by atoms with Crippen LogP contribution in [-0.2, 0) is 13.0 Å². The van der Waals surface area contributed by atoms with Crippen LogP contribution in [0.2, 0.25) is 0 Å². The third-order valence-corrected chi connectivity index (χ3v) is 3.40. The summed E-state index contributed by atoms with van der Waals surface area (Å²) in [6.07, 6.45) is 2.26. The van der Waals surface area contributed by atoms with Crippen LogP contribution in [0.4, 0.5) is 5.69 Å². The Morgan fingerprint density at radius 2 is 1.81 bits per heavy atom. The number of nitrogens with one attached hydrogen (secondary N) is 1. The standard InChI is InChI=1S/C18H15N3/c19-10-9-14-3-6-17(7-4-14)21-13-15-5-8-18-16(12-15)2-1-11-20-18/h1-8,11-12,21H,9,13H2. The van der Waals surface area contributed by atoms with Crippen molar-refractivity contribution in [2.24, 2.45) is 0 Å². The second kappa shape index (κ2) is 6.06. The number of hydrogen-bond acceptors (Lipinski definition) is 3. The maximum absolute atomic E-state index is 8.66. The first-order chi connectivity index (χ1) is 10.3. The van der Waals surface area contributed by atoms with Gasteiger partial charge in [-0.3, -0.25) is 4.98 Å². The van der Waals surface area contributed by atoms with Gasteiger partial charge in [-0.15, -0.1) is 0 Å². The van der Waals surface area contributed by atoms with Crippen LogP contribution in [0.25, 0.3) is 10.9 Å². The van der Waals surface area contributed by atoms with Gasteiger partial charge in [0, 0.05) is 23.8 Å². The quantitative estimate of drug-likeness (QED) is 0.784. The number of aromatic nitrogens is 1. The van der Waals surface area contributed by atoms with Gasteiger partial charge >= 0.3 is 0 Å². The summed E-state index contributed by atoms with van der Waals surface area (Å²) in [5, 5.41) is 13.2. The lowest BCUT2D eigenvalue weighted by atomic mass is 10.1. The van der Waals surface area contributed by atoms with E-state index >= 15 is 0 Å². The maximum Gasteiger partial charge on any atom is 0.0702 e. The zero-order chi connectivity index (χ0) is 14.5. The molecule has 1 aromatic heterocycles. The molecule has 0 aliphatic heterocycles. The monoisotopic (exact) mass is 273 g/mol. The molecule has 3 heteroatoms. The smallest absolute Gasteiger partial charge is 0.0702 e. The van der Waals surface area contributed by atoms with Crippen molar-refractivity contribution in [1.29, 1.82) is 5.26 Å². The lowest BCUT2D eigenvalue weighted by Gasteiger charge is -2.08. The van der Waals surface area contributed by atoms with Gasteiger partial charge in [-0.1, -0.05) is 24.3 Å². The van der Waals surface area contributed by atoms with E-state index in [9.17, 15) is 0 Å². The van der Waals surface area contributed by atoms with Crippen molar-refractivity contribution < 1.29 is 0 Å². The third-order valence-electron chi connectivity index (χ3n) is 3.40. The summed E-state index contributed by atoms with van der Waals surface area (Å²) < 4.78 is 0. The van der Waals surface area contributed by atoms with Crippen molar-refractivity contribution in [2.75, 3.05) is 5.32 Å². The molecule has 0 radical (unpaired) electrons. The number of anilines is 1. The molecular formula is C18H15N3. The van der Waals surface area contributed by atoms with Crippen molar-refractivity contribution in [1.82, 2.24) is 4.98 Å². The average Bonchev–Trinajstić information content (AvgIpc) is 2.54. The molecule has 1 heterocycles. The number of hydrogen-bond donors (Lipinski definition) is 1. The van der Waals surface area contributed by atoms with Crippen molar-refractivity contribution >= 4 is 16.6 Å². The van der Waals surface area contributed by atoms with Gasteiger partial charge in [0.05, 0.1) is 18.0 Å². The molecule has 2 aromatic carbocycles. The van der Waals surface area contributed by atoms with E-state index in [1.54, 1.807) is 0 Å². The predicted molar refractivity (Wildman–Crippen MR) is 84.8 cm³/mol. The molecule has 3 rings (SSSR count). The fourth-order valence-corrected chi connectivity index (χ4v) is 2.27. The number of benzene rings is 2. The minimum absolute atomic E-state index is 0.456. The topological polar surface area (TPSA) is 48.7 Å². The summed E-state index contributed by atoms with van der Waals surface area (Å²) in [6.45, 7) is 0.766. The van der Waals surface area contributed by atoms with E-state index in [1.165, 1.54) is 5.56 Å². The molecule has 3 nitrogen and oxygen atoms in total. The third kappa shape index (κ3) is 3.18. The van der Waals surface area contributed by atoms with E-state index in [1.807, 2.05) is 42.6 Å². The molecule has 0 saturated carbocycles. The number of nitriles is 1. The highest BCUT2D eigenvalue weighted by Gasteiger charge is 1.98. The van der Waals surface area contributed by atoms with Crippen molar-refractivity contribution in [3.63, 3.8) is 0 Å². The van der Waals surface area contributed by atoms with Gasteiger partial charge in [0.15, 0.2) is 0 Å². The van der Waals surface area contributed by atoms with Gasteiger partial charge in [-0.25, -0.2) is 0 Å². The van der Waals surface area contributed by atoms with Gasteiger partial charge in [-0.05, 0) is 41.5 Å². The Kier molecular flexibility index (Phi) is 3.79. The fourth-order valence-electron chi connectivity index (χ4n) is 2.27. The zero-order valence-corrected chi connectivity index (χ0v) is 11.6. The second-order valence-electron chi connectivity index (χ2n) is 4.92. The summed E-state index contributed by atoms with van der Waals surface area (Å²) in [4.78, 5) is 4.32. The molecule has 0 atom stereocenters. The first kappa shape index (κ1) is 13.1. The molecule has 0 spiro atoms. The van der Waals surface area contributed by atoms with Crippen LogP contribution < -0.4 is 5.32 Å². The zero-order valence-electron chi connectivity index (χ0n) is 11.6. The maximum atomic E-state index is 8.66. The van der Waals surface area contributed by atoms with E-state index in [-0.39, 0.29) is 0 Å². The number of pyridine rings is 1. The van der Waals surface area contributed by atoms with E-state index < -0.39 is 0 Å². The second-order valence-corrected chi connectivity index (χ2v) is 4.92. The predicted octanol–water partition coefficient (Wildman–Crippen LogP) is 3.91. The minimum atomic E-state index is 0.456. The van der Waals surface area contributed by atoms with Gasteiger partial charge in [0.25, 0.3) is 0 Å². The molecule has 0 amide bonds. The largest absolute Gasteiger partial charge is 0.381 e. The van der Waals surface area contributed by atoms with Crippen LogP contribution in [0, 0.1) is 11.3 Å². The van der Waals surface area contributed by atoms with Crippen LogP contribution in [-0.4, -0.2) is 4.98 Å². The molecule has 1 N–H and O–H groups in total. The van der Waals surface area contributed by atoms with Gasteiger partial charge in [0.1, 0.15) is 0 Å². The van der Waals surface area contributed by atoms with E-state index in [0.29, 0.717) is 6.42 Å². The summed E-state index contributed by atoms with van der Waals surface area (Å²) in [6, 6.07) is 20.4. The Labute approximate surface area is 123 Å². The first-order valence-corrected chi connectivity index (χ1v) is 6.88. The molecule has 21 heavy (non-hydrogen) atoms. The highest BCUT2D eigenvalue weighted by Crippen LogP contribution is 2.15. The molecule has 0 aliphatic carbocycles. The summed E-state index contributed by atoms with van der Waals surface area (Å²) >= 11 is 0. The normalized spacial score (nSPS) is 10.2. The Balaban J connectivity index is 1.69. The van der Waals surface area contributed by atoms with Crippen molar-refractivity contribution in [3.05, 3.63) is 71.9 Å². The Bertz CT molecular complexity index is 785. The highest BCUT2D eigenvalue weighted by molar-refractivity contribution is 5.78. The minimum Gasteiger partial charge on any atom is -0.381 e. The molecule has 3 aromatic rings. The van der Waals surface area contributed by atoms with Crippen LogP contribution in [0.3, 0.4) is 0 Å². The lowest BCUT2D eigenvalue weighted by Crippen LogP contribution is -1.99. The van der Waals surface area contributed by atoms with Crippen LogP contribution in [0.5, 0.6) is 0 Å². The van der Waals surface area contributed by atoms with E-state index in [2.05, 4.69) is 34.6 Å². The molecule has 0 fully saturated rings. The average molecular weight is 273 g/mol. The van der Waals surface area contributed by atoms with E-state index in [0.717, 1.165) is 28.7 Å². The summed E-state index contributed by atoms with van der Waals surface area (Å²) in [7, 11) is 0. The van der Waals surface area contributed by atoms with Crippen LogP contribution in [0.1, 0.15) is 11.1 Å². The SMILES string of the molecule is N#CCc1ccc(NCc2ccc3ncccc3c2)cc1.